The number of halogens is 1. The van der Waals surface area contributed by atoms with Crippen LogP contribution in [0.3, 0.4) is 0 Å². The molecule has 0 aromatic rings. The van der Waals surface area contributed by atoms with E-state index in [0.29, 0.717) is 3.92 Å². The van der Waals surface area contributed by atoms with Crippen molar-refractivity contribution in [1.82, 2.24) is 0 Å². The molecule has 1 fully saturated rings. The summed E-state index contributed by atoms with van der Waals surface area (Å²) in [5.41, 5.74) is 0. The van der Waals surface area contributed by atoms with E-state index in [9.17, 15) is 4.79 Å². The van der Waals surface area contributed by atoms with E-state index in [1.54, 1.807) is 0 Å². The number of rotatable bonds is 1. The summed E-state index contributed by atoms with van der Waals surface area (Å²) >= 11 is 2.35. The van der Waals surface area contributed by atoms with Crippen LogP contribution in [-0.4, -0.2) is 17.0 Å². The number of alkyl halides is 1. The van der Waals surface area contributed by atoms with Gasteiger partial charge in [0.1, 0.15) is 0 Å². The first kappa shape index (κ1) is 7.31. The first-order valence-electron chi connectivity index (χ1n) is 2.96. The fraction of sp³-hybridized carbons (Fsp3) is 0.833. The minimum atomic E-state index is -0.0390. The molecular weight excluding hydrogens is 231 g/mol. The average molecular weight is 240 g/mol. The lowest BCUT2D eigenvalue weighted by molar-refractivity contribution is -0.147. The quantitative estimate of drug-likeness (QED) is 0.393. The second-order valence-corrected chi connectivity index (χ2v) is 4.05. The molecule has 2 nitrogen and oxygen atoms in total. The number of hydrogen-bond acceptors (Lipinski definition) is 2. The molecule has 1 saturated carbocycles. The number of hydrogen-bond donors (Lipinski definition) is 0. The fourth-order valence-electron chi connectivity index (χ4n) is 0.908. The van der Waals surface area contributed by atoms with E-state index in [2.05, 4.69) is 27.3 Å². The summed E-state index contributed by atoms with van der Waals surface area (Å²) in [6, 6.07) is 0. The molecule has 0 N–H and O–H groups in total. The summed E-state index contributed by atoms with van der Waals surface area (Å²) in [5, 5.41) is 0. The van der Waals surface area contributed by atoms with E-state index in [1.165, 1.54) is 7.11 Å². The van der Waals surface area contributed by atoms with Crippen molar-refractivity contribution in [2.45, 2.75) is 16.8 Å². The number of ether oxygens (including phenoxy) is 1. The summed E-state index contributed by atoms with van der Waals surface area (Å²) in [7, 11) is 1.45. The molecule has 3 heteroatoms. The molecule has 0 aromatic heterocycles. The van der Waals surface area contributed by atoms with Gasteiger partial charge in [-0.15, -0.1) is 0 Å². The Morgan fingerprint density at radius 3 is 2.56 bits per heavy atom. The maximum Gasteiger partial charge on any atom is 0.308 e. The van der Waals surface area contributed by atoms with Gasteiger partial charge in [-0.05, 0) is 12.8 Å². The van der Waals surface area contributed by atoms with Crippen LogP contribution in [-0.2, 0) is 9.53 Å². The Morgan fingerprint density at radius 1 is 1.67 bits per heavy atom. The van der Waals surface area contributed by atoms with Gasteiger partial charge in [-0.1, -0.05) is 22.6 Å². The first-order valence-corrected chi connectivity index (χ1v) is 4.20. The molecule has 0 saturated heterocycles. The molecular formula is C6H9IO2. The molecule has 52 valence electrons. The minimum absolute atomic E-state index is 0.0390. The normalized spacial score (nSPS) is 33.1. The molecule has 0 unspecified atom stereocenters. The number of esters is 1. The van der Waals surface area contributed by atoms with E-state index in [0.717, 1.165) is 12.8 Å². The number of carbonyl (C=O) groups is 1. The van der Waals surface area contributed by atoms with E-state index >= 15 is 0 Å². The van der Waals surface area contributed by atoms with Gasteiger partial charge in [0.15, 0.2) is 0 Å². The molecule has 1 aliphatic carbocycles. The van der Waals surface area contributed by atoms with Crippen molar-refractivity contribution in [3.05, 3.63) is 0 Å². The maximum atomic E-state index is 10.7. The first-order chi connectivity index (χ1) is 4.24. The molecule has 0 radical (unpaired) electrons. The van der Waals surface area contributed by atoms with Crippen LogP contribution in [0.25, 0.3) is 0 Å². The number of methoxy groups -OCH3 is 1. The molecule has 1 rings (SSSR count). The van der Waals surface area contributed by atoms with Gasteiger partial charge < -0.3 is 4.74 Å². The summed E-state index contributed by atoms with van der Waals surface area (Å²) in [6.07, 6.45) is 2.01. The van der Waals surface area contributed by atoms with Gasteiger partial charge in [-0.3, -0.25) is 4.79 Å². The summed E-state index contributed by atoms with van der Waals surface area (Å²) in [4.78, 5) is 10.7. The van der Waals surface area contributed by atoms with E-state index in [4.69, 9.17) is 0 Å². The van der Waals surface area contributed by atoms with Gasteiger partial charge in [0, 0.05) is 3.92 Å². The van der Waals surface area contributed by atoms with Crippen LogP contribution in [0, 0.1) is 5.92 Å². The lowest BCUT2D eigenvalue weighted by Crippen LogP contribution is -2.31. The van der Waals surface area contributed by atoms with Crippen LogP contribution < -0.4 is 0 Å². The highest BCUT2D eigenvalue weighted by atomic mass is 127. The van der Waals surface area contributed by atoms with Crippen molar-refractivity contribution in [2.24, 2.45) is 5.92 Å². The smallest absolute Gasteiger partial charge is 0.308 e. The average Bonchev–Trinajstić information content (AvgIpc) is 1.79. The van der Waals surface area contributed by atoms with Gasteiger partial charge in [0.25, 0.3) is 0 Å². The van der Waals surface area contributed by atoms with Crippen LogP contribution in [0.15, 0.2) is 0 Å². The zero-order chi connectivity index (χ0) is 6.85. The van der Waals surface area contributed by atoms with Crippen molar-refractivity contribution in [3.63, 3.8) is 0 Å². The topological polar surface area (TPSA) is 26.3 Å². The Hall–Kier alpha value is 0.200. The Balaban J connectivity index is 2.23. The zero-order valence-electron chi connectivity index (χ0n) is 5.26. The van der Waals surface area contributed by atoms with Crippen LogP contribution >= 0.6 is 22.6 Å². The van der Waals surface area contributed by atoms with Crippen molar-refractivity contribution < 1.29 is 9.53 Å². The fourth-order valence-corrected chi connectivity index (χ4v) is 2.14. The molecule has 0 aliphatic heterocycles. The third-order valence-electron chi connectivity index (χ3n) is 1.62. The predicted molar refractivity (Wildman–Crippen MR) is 42.5 cm³/mol. The van der Waals surface area contributed by atoms with Crippen LogP contribution in [0.1, 0.15) is 12.8 Å². The van der Waals surface area contributed by atoms with Crippen LogP contribution in [0.5, 0.6) is 0 Å². The molecule has 1 aliphatic rings. The Labute approximate surface area is 68.1 Å². The highest BCUT2D eigenvalue weighted by Gasteiger charge is 2.33. The second kappa shape index (κ2) is 2.86. The zero-order valence-corrected chi connectivity index (χ0v) is 7.42. The second-order valence-electron chi connectivity index (χ2n) is 2.29. The number of carbonyl (C=O) groups excluding carboxylic acids is 1. The maximum absolute atomic E-state index is 10.7. The SMILES string of the molecule is COC(=O)C1CC(I)C1. The molecule has 0 bridgehead atoms. The van der Waals surface area contributed by atoms with Crippen molar-refractivity contribution in [3.8, 4) is 0 Å². The summed E-state index contributed by atoms with van der Waals surface area (Å²) in [5.74, 6) is 0.166. The lowest BCUT2D eigenvalue weighted by Gasteiger charge is -2.28. The third-order valence-corrected chi connectivity index (χ3v) is 2.63. The van der Waals surface area contributed by atoms with Gasteiger partial charge in [0.05, 0.1) is 13.0 Å². The highest BCUT2D eigenvalue weighted by Crippen LogP contribution is 2.34. The Morgan fingerprint density at radius 2 is 2.22 bits per heavy atom. The van der Waals surface area contributed by atoms with Crippen molar-refractivity contribution in [1.29, 1.82) is 0 Å². The lowest BCUT2D eigenvalue weighted by atomic mass is 9.86. The Kier molecular flexibility index (Phi) is 2.32. The predicted octanol–water partition coefficient (Wildman–Crippen LogP) is 1.37. The molecule has 0 atom stereocenters. The molecule has 9 heavy (non-hydrogen) atoms. The van der Waals surface area contributed by atoms with Crippen molar-refractivity contribution >= 4 is 28.6 Å². The van der Waals surface area contributed by atoms with E-state index in [1.807, 2.05) is 0 Å². The van der Waals surface area contributed by atoms with Crippen LogP contribution in [0.2, 0.25) is 0 Å². The van der Waals surface area contributed by atoms with E-state index in [-0.39, 0.29) is 11.9 Å². The molecule has 0 aromatic carbocycles. The van der Waals surface area contributed by atoms with E-state index < -0.39 is 0 Å². The van der Waals surface area contributed by atoms with Gasteiger partial charge in [-0.25, -0.2) is 0 Å². The van der Waals surface area contributed by atoms with Gasteiger partial charge in [0.2, 0.25) is 0 Å². The summed E-state index contributed by atoms with van der Waals surface area (Å²) in [6.45, 7) is 0. The van der Waals surface area contributed by atoms with Gasteiger partial charge >= 0.3 is 5.97 Å². The third kappa shape index (κ3) is 1.56. The largest absolute Gasteiger partial charge is 0.469 e. The molecule has 0 heterocycles. The standard InChI is InChI=1S/C6H9IO2/c1-9-6(8)4-2-5(7)3-4/h4-5H,2-3H2,1H3. The monoisotopic (exact) mass is 240 g/mol. The molecule has 0 amide bonds. The Bertz CT molecular complexity index is 118. The van der Waals surface area contributed by atoms with Gasteiger partial charge in [-0.2, -0.15) is 0 Å². The van der Waals surface area contributed by atoms with Crippen LogP contribution in [0.4, 0.5) is 0 Å². The minimum Gasteiger partial charge on any atom is -0.469 e. The molecule has 0 spiro atoms. The van der Waals surface area contributed by atoms with Crippen molar-refractivity contribution in [2.75, 3.05) is 7.11 Å². The highest BCUT2D eigenvalue weighted by molar-refractivity contribution is 14.1. The summed E-state index contributed by atoms with van der Waals surface area (Å²) < 4.78 is 5.26.